The van der Waals surface area contributed by atoms with Gasteiger partial charge in [0, 0.05) is 23.3 Å². The van der Waals surface area contributed by atoms with Crippen LogP contribution in [0.4, 0.5) is 5.69 Å². The van der Waals surface area contributed by atoms with Crippen LogP contribution in [0.2, 0.25) is 0 Å². The molecule has 1 heterocycles. The standard InChI is InChI=1S/C15H19N3OS/c1-4-16-13-8-6-5-7-12(13)14(19)18-11(3)15-17-9-10(2)20-15/h5-9,11,16H,4H2,1-3H3,(H,18,19). The maximum absolute atomic E-state index is 12.4. The highest BCUT2D eigenvalue weighted by Crippen LogP contribution is 2.21. The zero-order valence-electron chi connectivity index (χ0n) is 11.9. The van der Waals surface area contributed by atoms with E-state index in [1.807, 2.05) is 51.2 Å². The Morgan fingerprint density at radius 1 is 1.40 bits per heavy atom. The molecule has 1 atom stereocenters. The molecule has 2 rings (SSSR count). The molecule has 2 aromatic rings. The Labute approximate surface area is 123 Å². The van der Waals surface area contributed by atoms with Crippen molar-refractivity contribution >= 4 is 22.9 Å². The number of aryl methyl sites for hydroxylation is 1. The Morgan fingerprint density at radius 2 is 2.15 bits per heavy atom. The van der Waals surface area contributed by atoms with Gasteiger partial charge in [-0.05, 0) is 32.9 Å². The number of hydrogen-bond donors (Lipinski definition) is 2. The van der Waals surface area contributed by atoms with Gasteiger partial charge in [0.1, 0.15) is 5.01 Å². The molecule has 0 radical (unpaired) electrons. The molecule has 20 heavy (non-hydrogen) atoms. The summed E-state index contributed by atoms with van der Waals surface area (Å²) in [7, 11) is 0. The van der Waals surface area contributed by atoms with Gasteiger partial charge in [-0.3, -0.25) is 4.79 Å². The SMILES string of the molecule is CCNc1ccccc1C(=O)NC(C)c1ncc(C)s1. The van der Waals surface area contributed by atoms with E-state index in [9.17, 15) is 4.79 Å². The van der Waals surface area contributed by atoms with Gasteiger partial charge in [0.05, 0.1) is 11.6 Å². The first-order chi connectivity index (χ1) is 9.61. The number of aromatic nitrogens is 1. The summed E-state index contributed by atoms with van der Waals surface area (Å²) in [6, 6.07) is 7.44. The fraction of sp³-hybridized carbons (Fsp3) is 0.333. The summed E-state index contributed by atoms with van der Waals surface area (Å²) >= 11 is 1.61. The van der Waals surface area contributed by atoms with Gasteiger partial charge in [-0.2, -0.15) is 0 Å². The molecule has 0 fully saturated rings. The van der Waals surface area contributed by atoms with Gasteiger partial charge >= 0.3 is 0 Å². The number of rotatable bonds is 5. The lowest BCUT2D eigenvalue weighted by Crippen LogP contribution is -2.27. The van der Waals surface area contributed by atoms with Crippen LogP contribution < -0.4 is 10.6 Å². The third-order valence-corrected chi connectivity index (χ3v) is 3.99. The van der Waals surface area contributed by atoms with Crippen molar-refractivity contribution in [2.24, 2.45) is 0 Å². The molecule has 0 bridgehead atoms. The minimum atomic E-state index is -0.0871. The van der Waals surface area contributed by atoms with Gasteiger partial charge in [0.25, 0.3) is 5.91 Å². The van der Waals surface area contributed by atoms with Gasteiger partial charge in [0.2, 0.25) is 0 Å². The van der Waals surface area contributed by atoms with E-state index in [0.29, 0.717) is 5.56 Å². The minimum Gasteiger partial charge on any atom is -0.385 e. The topological polar surface area (TPSA) is 54.0 Å². The molecule has 1 aromatic carbocycles. The summed E-state index contributed by atoms with van der Waals surface area (Å²) in [5.41, 5.74) is 1.52. The highest BCUT2D eigenvalue weighted by Gasteiger charge is 2.16. The summed E-state index contributed by atoms with van der Waals surface area (Å²) in [5, 5.41) is 7.12. The number of carbonyl (C=O) groups is 1. The van der Waals surface area contributed by atoms with E-state index in [0.717, 1.165) is 22.1 Å². The summed E-state index contributed by atoms with van der Waals surface area (Å²) < 4.78 is 0. The maximum Gasteiger partial charge on any atom is 0.253 e. The molecule has 1 aromatic heterocycles. The second-order valence-electron chi connectivity index (χ2n) is 4.58. The Bertz CT molecular complexity index is 594. The molecule has 0 saturated heterocycles. The molecule has 0 aliphatic rings. The molecular formula is C15H19N3OS. The highest BCUT2D eigenvalue weighted by molar-refractivity contribution is 7.11. The van der Waals surface area contributed by atoms with Crippen LogP contribution in [0.25, 0.3) is 0 Å². The Balaban J connectivity index is 2.12. The number of nitrogens with zero attached hydrogens (tertiary/aromatic N) is 1. The van der Waals surface area contributed by atoms with Crippen LogP contribution in [-0.2, 0) is 0 Å². The normalized spacial score (nSPS) is 11.9. The smallest absolute Gasteiger partial charge is 0.253 e. The third kappa shape index (κ3) is 3.36. The number of hydrogen-bond acceptors (Lipinski definition) is 4. The number of benzene rings is 1. The molecule has 106 valence electrons. The lowest BCUT2D eigenvalue weighted by atomic mass is 10.1. The second-order valence-corrected chi connectivity index (χ2v) is 5.85. The molecule has 5 heteroatoms. The number of para-hydroxylation sites is 1. The van der Waals surface area contributed by atoms with E-state index in [1.165, 1.54) is 0 Å². The predicted octanol–water partition coefficient (Wildman–Crippen LogP) is 3.37. The van der Waals surface area contributed by atoms with Crippen molar-refractivity contribution in [2.45, 2.75) is 26.8 Å². The van der Waals surface area contributed by atoms with Gasteiger partial charge in [-0.15, -0.1) is 11.3 Å². The van der Waals surface area contributed by atoms with Crippen LogP contribution in [0.1, 0.15) is 40.1 Å². The number of anilines is 1. The van der Waals surface area contributed by atoms with Crippen molar-refractivity contribution in [3.8, 4) is 0 Å². The number of amides is 1. The first-order valence-corrected chi connectivity index (χ1v) is 7.49. The van der Waals surface area contributed by atoms with Crippen LogP contribution in [-0.4, -0.2) is 17.4 Å². The lowest BCUT2D eigenvalue weighted by molar-refractivity contribution is 0.0940. The van der Waals surface area contributed by atoms with Crippen molar-refractivity contribution in [3.63, 3.8) is 0 Å². The van der Waals surface area contributed by atoms with Gasteiger partial charge in [-0.25, -0.2) is 4.98 Å². The van der Waals surface area contributed by atoms with Gasteiger partial charge in [-0.1, -0.05) is 12.1 Å². The molecule has 1 amide bonds. The minimum absolute atomic E-state index is 0.0816. The van der Waals surface area contributed by atoms with E-state index in [-0.39, 0.29) is 11.9 Å². The van der Waals surface area contributed by atoms with E-state index in [1.54, 1.807) is 11.3 Å². The van der Waals surface area contributed by atoms with Crippen molar-refractivity contribution in [2.75, 3.05) is 11.9 Å². The van der Waals surface area contributed by atoms with Gasteiger partial charge in [0.15, 0.2) is 0 Å². The monoisotopic (exact) mass is 289 g/mol. The Morgan fingerprint density at radius 3 is 2.80 bits per heavy atom. The maximum atomic E-state index is 12.4. The molecule has 2 N–H and O–H groups in total. The zero-order chi connectivity index (χ0) is 14.5. The summed E-state index contributed by atoms with van der Waals surface area (Å²) in [6.45, 7) is 6.75. The number of thiazole rings is 1. The van der Waals surface area contributed by atoms with E-state index in [4.69, 9.17) is 0 Å². The second kappa shape index (κ2) is 6.52. The largest absolute Gasteiger partial charge is 0.385 e. The van der Waals surface area contributed by atoms with Crippen molar-refractivity contribution in [3.05, 3.63) is 45.9 Å². The first kappa shape index (κ1) is 14.5. The third-order valence-electron chi connectivity index (χ3n) is 2.90. The molecular weight excluding hydrogens is 270 g/mol. The van der Waals surface area contributed by atoms with E-state index in [2.05, 4.69) is 15.6 Å². The van der Waals surface area contributed by atoms with Crippen molar-refractivity contribution < 1.29 is 4.79 Å². The van der Waals surface area contributed by atoms with Crippen LogP contribution >= 0.6 is 11.3 Å². The van der Waals surface area contributed by atoms with E-state index >= 15 is 0 Å². The average Bonchev–Trinajstić information content (AvgIpc) is 2.86. The van der Waals surface area contributed by atoms with Crippen LogP contribution in [0.3, 0.4) is 0 Å². The summed E-state index contributed by atoms with van der Waals surface area (Å²) in [4.78, 5) is 17.8. The Hall–Kier alpha value is -1.88. The number of carbonyl (C=O) groups excluding carboxylic acids is 1. The number of nitrogens with one attached hydrogen (secondary N) is 2. The molecule has 0 saturated carbocycles. The average molecular weight is 289 g/mol. The highest BCUT2D eigenvalue weighted by atomic mass is 32.1. The zero-order valence-corrected chi connectivity index (χ0v) is 12.8. The van der Waals surface area contributed by atoms with Crippen LogP contribution in [0.15, 0.2) is 30.5 Å². The van der Waals surface area contributed by atoms with Crippen LogP contribution in [0.5, 0.6) is 0 Å². The van der Waals surface area contributed by atoms with Crippen molar-refractivity contribution in [1.29, 1.82) is 0 Å². The molecule has 4 nitrogen and oxygen atoms in total. The summed E-state index contributed by atoms with van der Waals surface area (Å²) in [6.07, 6.45) is 1.83. The quantitative estimate of drug-likeness (QED) is 0.887. The Kier molecular flexibility index (Phi) is 4.74. The van der Waals surface area contributed by atoms with Crippen LogP contribution in [0, 0.1) is 6.92 Å². The molecule has 0 aliphatic carbocycles. The fourth-order valence-electron chi connectivity index (χ4n) is 1.93. The predicted molar refractivity (Wildman–Crippen MR) is 83.3 cm³/mol. The molecule has 0 spiro atoms. The van der Waals surface area contributed by atoms with Crippen molar-refractivity contribution in [1.82, 2.24) is 10.3 Å². The van der Waals surface area contributed by atoms with E-state index < -0.39 is 0 Å². The van der Waals surface area contributed by atoms with Gasteiger partial charge < -0.3 is 10.6 Å². The summed E-state index contributed by atoms with van der Waals surface area (Å²) in [5.74, 6) is -0.0816. The first-order valence-electron chi connectivity index (χ1n) is 6.68. The lowest BCUT2D eigenvalue weighted by Gasteiger charge is -2.14. The molecule has 1 unspecified atom stereocenters. The molecule has 0 aliphatic heterocycles. The fourth-order valence-corrected chi connectivity index (χ4v) is 2.71.